The molecular formula is C13H20O3. The number of rotatable bonds is 3. The van der Waals surface area contributed by atoms with Crippen LogP contribution in [0.1, 0.15) is 33.6 Å². The zero-order chi connectivity index (χ0) is 11.4. The topological polar surface area (TPSA) is 35.5 Å². The molecule has 6 atom stereocenters. The number of fused-ring (bicyclic) bond motifs is 1. The highest BCUT2D eigenvalue weighted by atomic mass is 16.6. The van der Waals surface area contributed by atoms with Crippen LogP contribution in [0, 0.1) is 23.7 Å². The molecule has 2 aliphatic carbocycles. The van der Waals surface area contributed by atoms with E-state index in [0.29, 0.717) is 17.8 Å². The van der Waals surface area contributed by atoms with Crippen LogP contribution in [0.25, 0.3) is 0 Å². The summed E-state index contributed by atoms with van der Waals surface area (Å²) in [5.74, 6) is 1.77. The van der Waals surface area contributed by atoms with Crippen LogP contribution in [-0.4, -0.2) is 24.3 Å². The predicted octanol–water partition coefficient (Wildman–Crippen LogP) is 2.00. The van der Waals surface area contributed by atoms with Crippen molar-refractivity contribution in [1.82, 2.24) is 0 Å². The quantitative estimate of drug-likeness (QED) is 0.688. The van der Waals surface area contributed by atoms with Crippen molar-refractivity contribution in [1.29, 1.82) is 0 Å². The van der Waals surface area contributed by atoms with Crippen molar-refractivity contribution in [3.05, 3.63) is 0 Å². The molecule has 2 saturated carbocycles. The normalized spacial score (nSPS) is 46.5. The Hall–Kier alpha value is -0.570. The van der Waals surface area contributed by atoms with Gasteiger partial charge in [0.15, 0.2) is 0 Å². The van der Waals surface area contributed by atoms with Crippen molar-refractivity contribution in [3.8, 4) is 0 Å². The van der Waals surface area contributed by atoms with E-state index >= 15 is 0 Å². The summed E-state index contributed by atoms with van der Waals surface area (Å²) in [4.78, 5) is 11.6. The maximum absolute atomic E-state index is 11.6. The first-order valence-electron chi connectivity index (χ1n) is 6.44. The SMILES string of the molecule is CC(C)C(C)OC1C2CC3C(=O)OC1C3C2. The predicted molar refractivity (Wildman–Crippen MR) is 58.8 cm³/mol. The molecule has 1 aliphatic heterocycles. The summed E-state index contributed by atoms with van der Waals surface area (Å²) in [6.07, 6.45) is 2.62. The molecule has 1 saturated heterocycles. The van der Waals surface area contributed by atoms with Crippen LogP contribution in [0.15, 0.2) is 0 Å². The summed E-state index contributed by atoms with van der Waals surface area (Å²) in [6.45, 7) is 6.45. The molecule has 16 heavy (non-hydrogen) atoms. The van der Waals surface area contributed by atoms with Gasteiger partial charge in [-0.15, -0.1) is 0 Å². The summed E-state index contributed by atoms with van der Waals surface area (Å²) in [5.41, 5.74) is 0. The molecule has 6 unspecified atom stereocenters. The largest absolute Gasteiger partial charge is 0.459 e. The molecule has 3 aliphatic rings. The molecule has 0 aromatic heterocycles. The maximum Gasteiger partial charge on any atom is 0.309 e. The van der Waals surface area contributed by atoms with Crippen LogP contribution in [0.5, 0.6) is 0 Å². The molecule has 1 heterocycles. The lowest BCUT2D eigenvalue weighted by atomic mass is 9.88. The Morgan fingerprint density at radius 1 is 1.31 bits per heavy atom. The van der Waals surface area contributed by atoms with E-state index in [1.807, 2.05) is 0 Å². The van der Waals surface area contributed by atoms with Gasteiger partial charge in [-0.25, -0.2) is 0 Å². The number of ether oxygens (including phenoxy) is 2. The Labute approximate surface area is 96.5 Å². The van der Waals surface area contributed by atoms with Crippen molar-refractivity contribution in [2.45, 2.75) is 51.9 Å². The van der Waals surface area contributed by atoms with Gasteiger partial charge in [-0.3, -0.25) is 4.79 Å². The molecule has 0 radical (unpaired) electrons. The average Bonchev–Trinajstić information content (AvgIpc) is 2.81. The molecule has 0 amide bonds. The first kappa shape index (κ1) is 10.6. The maximum atomic E-state index is 11.6. The third kappa shape index (κ3) is 1.33. The van der Waals surface area contributed by atoms with Gasteiger partial charge in [0.2, 0.25) is 0 Å². The fraction of sp³-hybridized carbons (Fsp3) is 0.923. The minimum Gasteiger partial charge on any atom is -0.459 e. The van der Waals surface area contributed by atoms with Gasteiger partial charge >= 0.3 is 5.97 Å². The van der Waals surface area contributed by atoms with E-state index in [1.54, 1.807) is 0 Å². The van der Waals surface area contributed by atoms with Gasteiger partial charge in [-0.1, -0.05) is 13.8 Å². The fourth-order valence-corrected chi connectivity index (χ4v) is 3.49. The van der Waals surface area contributed by atoms with Crippen molar-refractivity contribution in [3.63, 3.8) is 0 Å². The Bertz CT molecular complexity index is 312. The van der Waals surface area contributed by atoms with E-state index in [4.69, 9.17) is 9.47 Å². The van der Waals surface area contributed by atoms with Gasteiger partial charge in [-0.05, 0) is 31.6 Å². The zero-order valence-corrected chi connectivity index (χ0v) is 10.2. The molecule has 0 spiro atoms. The van der Waals surface area contributed by atoms with Gasteiger partial charge in [-0.2, -0.15) is 0 Å². The molecule has 3 heteroatoms. The summed E-state index contributed by atoms with van der Waals surface area (Å²) in [6, 6.07) is 0. The van der Waals surface area contributed by atoms with E-state index in [-0.39, 0.29) is 30.2 Å². The minimum atomic E-state index is 0.0285. The van der Waals surface area contributed by atoms with Crippen molar-refractivity contribution < 1.29 is 14.3 Å². The van der Waals surface area contributed by atoms with Crippen LogP contribution in [-0.2, 0) is 14.3 Å². The van der Waals surface area contributed by atoms with Crippen LogP contribution in [0.2, 0.25) is 0 Å². The Kier molecular flexibility index (Phi) is 2.29. The van der Waals surface area contributed by atoms with E-state index in [9.17, 15) is 4.79 Å². The van der Waals surface area contributed by atoms with Gasteiger partial charge in [0, 0.05) is 5.92 Å². The lowest BCUT2D eigenvalue weighted by molar-refractivity contribution is -0.150. The van der Waals surface area contributed by atoms with Crippen molar-refractivity contribution >= 4 is 5.97 Å². The molecule has 3 nitrogen and oxygen atoms in total. The van der Waals surface area contributed by atoms with E-state index in [2.05, 4.69) is 20.8 Å². The standard InChI is InChI=1S/C13H20O3/c1-6(2)7(3)15-11-8-4-9-10(5-8)13(14)16-12(9)11/h6-12H,4-5H2,1-3H3. The van der Waals surface area contributed by atoms with Gasteiger partial charge < -0.3 is 9.47 Å². The molecule has 2 bridgehead atoms. The first-order chi connectivity index (χ1) is 7.58. The summed E-state index contributed by atoms with van der Waals surface area (Å²) in [7, 11) is 0. The average molecular weight is 224 g/mol. The van der Waals surface area contributed by atoms with Gasteiger partial charge in [0.25, 0.3) is 0 Å². The molecule has 3 rings (SSSR count). The molecule has 0 aromatic rings. The number of hydrogen-bond donors (Lipinski definition) is 0. The second-order valence-corrected chi connectivity index (χ2v) is 5.95. The second-order valence-electron chi connectivity index (χ2n) is 5.95. The third-order valence-electron chi connectivity index (χ3n) is 4.72. The monoisotopic (exact) mass is 224 g/mol. The summed E-state index contributed by atoms with van der Waals surface area (Å²) < 4.78 is 11.6. The van der Waals surface area contributed by atoms with Crippen LogP contribution >= 0.6 is 0 Å². The van der Waals surface area contributed by atoms with Gasteiger partial charge in [0.1, 0.15) is 6.10 Å². The smallest absolute Gasteiger partial charge is 0.309 e. The molecule has 3 fully saturated rings. The number of carbonyl (C=O) groups is 1. The van der Waals surface area contributed by atoms with Crippen molar-refractivity contribution in [2.75, 3.05) is 0 Å². The molecule has 90 valence electrons. The fourth-order valence-electron chi connectivity index (χ4n) is 3.49. The summed E-state index contributed by atoms with van der Waals surface area (Å²) >= 11 is 0. The lowest BCUT2D eigenvalue weighted by Gasteiger charge is -2.30. The van der Waals surface area contributed by atoms with Crippen molar-refractivity contribution in [2.24, 2.45) is 23.7 Å². The highest BCUT2D eigenvalue weighted by Gasteiger charge is 2.62. The zero-order valence-electron chi connectivity index (χ0n) is 10.2. The third-order valence-corrected chi connectivity index (χ3v) is 4.72. The lowest BCUT2D eigenvalue weighted by Crippen LogP contribution is -2.37. The Morgan fingerprint density at radius 3 is 2.75 bits per heavy atom. The van der Waals surface area contributed by atoms with E-state index in [0.717, 1.165) is 12.8 Å². The number of esters is 1. The molecule has 0 aromatic carbocycles. The van der Waals surface area contributed by atoms with Crippen LogP contribution in [0.4, 0.5) is 0 Å². The van der Waals surface area contributed by atoms with Crippen LogP contribution < -0.4 is 0 Å². The Balaban J connectivity index is 1.72. The summed E-state index contributed by atoms with van der Waals surface area (Å²) in [5, 5.41) is 0. The van der Waals surface area contributed by atoms with Crippen LogP contribution in [0.3, 0.4) is 0 Å². The highest BCUT2D eigenvalue weighted by molar-refractivity contribution is 5.76. The Morgan fingerprint density at radius 2 is 2.06 bits per heavy atom. The highest BCUT2D eigenvalue weighted by Crippen LogP contribution is 2.55. The number of carbonyl (C=O) groups excluding carboxylic acids is 1. The van der Waals surface area contributed by atoms with E-state index in [1.165, 1.54) is 0 Å². The number of hydrogen-bond acceptors (Lipinski definition) is 3. The minimum absolute atomic E-state index is 0.0285. The molecular weight excluding hydrogens is 204 g/mol. The first-order valence-corrected chi connectivity index (χ1v) is 6.44. The molecule has 0 N–H and O–H groups in total. The second kappa shape index (κ2) is 3.46. The van der Waals surface area contributed by atoms with Gasteiger partial charge in [0.05, 0.1) is 18.1 Å². The van der Waals surface area contributed by atoms with E-state index < -0.39 is 0 Å².